The minimum absolute atomic E-state index is 0.0457. The number of nitrogens with zero attached hydrogens (tertiary/aromatic N) is 1. The van der Waals surface area contributed by atoms with Gasteiger partial charge < -0.3 is 14.2 Å². The maximum absolute atomic E-state index is 13.9. The molecule has 0 aliphatic rings. The molecule has 1 aromatic heterocycles. The molecule has 26 heavy (non-hydrogen) atoms. The number of methoxy groups -OCH3 is 2. The second-order valence-electron chi connectivity index (χ2n) is 5.27. The number of carbonyl (C=O) groups is 1. The molecule has 0 spiro atoms. The molecule has 0 fully saturated rings. The van der Waals surface area contributed by atoms with Crippen LogP contribution in [-0.2, 0) is 11.3 Å². The summed E-state index contributed by atoms with van der Waals surface area (Å²) >= 11 is 1.41. The molecule has 0 aliphatic heterocycles. The van der Waals surface area contributed by atoms with Crippen LogP contribution < -0.4 is 9.47 Å². The number of para-hydroxylation sites is 1. The van der Waals surface area contributed by atoms with Crippen LogP contribution in [0.3, 0.4) is 0 Å². The van der Waals surface area contributed by atoms with Crippen LogP contribution in [0, 0.1) is 5.82 Å². The first-order chi connectivity index (χ1) is 12.6. The molecule has 2 aromatic carbocycles. The lowest BCUT2D eigenvalue weighted by atomic mass is 10.2. The monoisotopic (exact) mass is 373 g/mol. The van der Waals surface area contributed by atoms with E-state index in [2.05, 4.69) is 4.98 Å². The van der Waals surface area contributed by atoms with Gasteiger partial charge in [0.2, 0.25) is 0 Å². The van der Waals surface area contributed by atoms with E-state index in [1.165, 1.54) is 30.6 Å². The molecule has 0 amide bonds. The van der Waals surface area contributed by atoms with E-state index < -0.39 is 11.8 Å². The molecule has 0 radical (unpaired) electrons. The van der Waals surface area contributed by atoms with Gasteiger partial charge in [-0.1, -0.05) is 12.1 Å². The Labute approximate surface area is 154 Å². The number of aromatic nitrogens is 1. The molecule has 134 valence electrons. The third-order valence-electron chi connectivity index (χ3n) is 3.64. The number of rotatable bonds is 6. The second-order valence-corrected chi connectivity index (χ2v) is 6.12. The highest BCUT2D eigenvalue weighted by Crippen LogP contribution is 2.32. The van der Waals surface area contributed by atoms with Crippen molar-refractivity contribution in [2.24, 2.45) is 0 Å². The molecule has 0 bridgehead atoms. The molecule has 0 aliphatic carbocycles. The first kappa shape index (κ1) is 17.9. The Morgan fingerprint density at radius 2 is 1.96 bits per heavy atom. The van der Waals surface area contributed by atoms with Crippen molar-refractivity contribution >= 4 is 17.3 Å². The molecule has 0 unspecified atom stereocenters. The van der Waals surface area contributed by atoms with Crippen LogP contribution in [0.2, 0.25) is 0 Å². The molecule has 7 heteroatoms. The van der Waals surface area contributed by atoms with E-state index in [1.807, 2.05) is 24.3 Å². The van der Waals surface area contributed by atoms with E-state index in [1.54, 1.807) is 12.5 Å². The van der Waals surface area contributed by atoms with Gasteiger partial charge in [-0.25, -0.2) is 14.2 Å². The molecule has 3 rings (SSSR count). The standard InChI is InChI=1S/C19H16FNO4S/c1-23-13-7-8-14(16(20)9-13)19(22)25-10-12-11-26-18(21-12)15-5-3-4-6-17(15)24-2/h3-9,11H,10H2,1-2H3. The fourth-order valence-corrected chi connectivity index (χ4v) is 3.16. The van der Waals surface area contributed by atoms with Gasteiger partial charge in [-0.15, -0.1) is 11.3 Å². The van der Waals surface area contributed by atoms with Crippen LogP contribution in [0.1, 0.15) is 16.1 Å². The van der Waals surface area contributed by atoms with Crippen LogP contribution in [0.25, 0.3) is 10.6 Å². The smallest absolute Gasteiger partial charge is 0.341 e. The van der Waals surface area contributed by atoms with Crippen LogP contribution in [-0.4, -0.2) is 25.2 Å². The second kappa shape index (κ2) is 7.97. The van der Waals surface area contributed by atoms with Crippen molar-refractivity contribution < 1.29 is 23.4 Å². The Bertz CT molecular complexity index is 925. The number of hydrogen-bond donors (Lipinski definition) is 0. The lowest BCUT2D eigenvalue weighted by molar-refractivity contribution is 0.0463. The molecule has 0 saturated carbocycles. The minimum atomic E-state index is -0.753. The Morgan fingerprint density at radius 1 is 1.15 bits per heavy atom. The van der Waals surface area contributed by atoms with Crippen molar-refractivity contribution in [3.05, 3.63) is 64.9 Å². The van der Waals surface area contributed by atoms with Gasteiger partial charge in [0.25, 0.3) is 0 Å². The van der Waals surface area contributed by atoms with Crippen LogP contribution >= 0.6 is 11.3 Å². The number of carbonyl (C=O) groups excluding carboxylic acids is 1. The van der Waals surface area contributed by atoms with Gasteiger partial charge in [0, 0.05) is 11.4 Å². The highest BCUT2D eigenvalue weighted by Gasteiger charge is 2.16. The lowest BCUT2D eigenvalue weighted by Gasteiger charge is -2.06. The van der Waals surface area contributed by atoms with Crippen LogP contribution in [0.4, 0.5) is 4.39 Å². The summed E-state index contributed by atoms with van der Waals surface area (Å²) in [6.07, 6.45) is 0. The van der Waals surface area contributed by atoms with Gasteiger partial charge in [-0.05, 0) is 24.3 Å². The Balaban J connectivity index is 1.69. The van der Waals surface area contributed by atoms with Crippen molar-refractivity contribution in [1.29, 1.82) is 0 Å². The van der Waals surface area contributed by atoms with E-state index in [0.29, 0.717) is 17.2 Å². The highest BCUT2D eigenvalue weighted by atomic mass is 32.1. The normalized spacial score (nSPS) is 10.4. The van der Waals surface area contributed by atoms with Crippen molar-refractivity contribution in [3.63, 3.8) is 0 Å². The summed E-state index contributed by atoms with van der Waals surface area (Å²) in [6.45, 7) is -0.0457. The van der Waals surface area contributed by atoms with E-state index in [0.717, 1.165) is 16.6 Å². The number of benzene rings is 2. The maximum atomic E-state index is 13.9. The summed E-state index contributed by atoms with van der Waals surface area (Å²) in [7, 11) is 3.02. The van der Waals surface area contributed by atoms with E-state index in [-0.39, 0.29) is 12.2 Å². The Hall–Kier alpha value is -2.93. The number of esters is 1. The van der Waals surface area contributed by atoms with Crippen molar-refractivity contribution in [3.8, 4) is 22.1 Å². The molecular formula is C19H16FNO4S. The molecular weight excluding hydrogens is 357 g/mol. The van der Waals surface area contributed by atoms with E-state index in [4.69, 9.17) is 14.2 Å². The summed E-state index contributed by atoms with van der Waals surface area (Å²) in [5.41, 5.74) is 1.29. The molecule has 0 N–H and O–H groups in total. The van der Waals surface area contributed by atoms with Crippen molar-refractivity contribution in [2.45, 2.75) is 6.61 Å². The van der Waals surface area contributed by atoms with Gasteiger partial charge in [0.1, 0.15) is 28.9 Å². The zero-order valence-corrected chi connectivity index (χ0v) is 15.0. The van der Waals surface area contributed by atoms with Gasteiger partial charge in [0.05, 0.1) is 31.0 Å². The SMILES string of the molecule is COc1ccc(C(=O)OCc2csc(-c3ccccc3OC)n2)c(F)c1. The quantitative estimate of drug-likeness (QED) is 0.602. The third-order valence-corrected chi connectivity index (χ3v) is 4.56. The highest BCUT2D eigenvalue weighted by molar-refractivity contribution is 7.13. The number of thiazole rings is 1. The largest absolute Gasteiger partial charge is 0.497 e. The average molecular weight is 373 g/mol. The van der Waals surface area contributed by atoms with Gasteiger partial charge in [-0.3, -0.25) is 0 Å². The summed E-state index contributed by atoms with van der Waals surface area (Å²) in [5, 5.41) is 2.54. The number of ether oxygens (including phenoxy) is 3. The van der Waals surface area contributed by atoms with E-state index >= 15 is 0 Å². The predicted octanol–water partition coefficient (Wildman–Crippen LogP) is 4.32. The summed E-state index contributed by atoms with van der Waals surface area (Å²) in [4.78, 5) is 16.5. The maximum Gasteiger partial charge on any atom is 0.341 e. The van der Waals surface area contributed by atoms with E-state index in [9.17, 15) is 9.18 Å². The topological polar surface area (TPSA) is 57.7 Å². The van der Waals surface area contributed by atoms with Crippen molar-refractivity contribution in [1.82, 2.24) is 4.98 Å². The first-order valence-corrected chi connectivity index (χ1v) is 8.58. The lowest BCUT2D eigenvalue weighted by Crippen LogP contribution is -2.08. The number of halogens is 1. The van der Waals surface area contributed by atoms with Crippen molar-refractivity contribution in [2.75, 3.05) is 14.2 Å². The molecule has 5 nitrogen and oxygen atoms in total. The molecule has 0 atom stereocenters. The molecule has 1 heterocycles. The summed E-state index contributed by atoms with van der Waals surface area (Å²) < 4.78 is 29.3. The first-order valence-electron chi connectivity index (χ1n) is 7.71. The Morgan fingerprint density at radius 3 is 2.69 bits per heavy atom. The third kappa shape index (κ3) is 3.83. The average Bonchev–Trinajstić information content (AvgIpc) is 3.14. The zero-order chi connectivity index (χ0) is 18.5. The fourth-order valence-electron chi connectivity index (χ4n) is 2.32. The Kier molecular flexibility index (Phi) is 5.48. The zero-order valence-electron chi connectivity index (χ0n) is 14.2. The molecule has 3 aromatic rings. The van der Waals surface area contributed by atoms with Gasteiger partial charge >= 0.3 is 5.97 Å². The predicted molar refractivity (Wildman–Crippen MR) is 96.2 cm³/mol. The number of hydrogen-bond acceptors (Lipinski definition) is 6. The summed E-state index contributed by atoms with van der Waals surface area (Å²) in [5.74, 6) is -0.398. The summed E-state index contributed by atoms with van der Waals surface area (Å²) in [6, 6.07) is 11.5. The van der Waals surface area contributed by atoms with Gasteiger partial charge in [-0.2, -0.15) is 0 Å². The van der Waals surface area contributed by atoms with Crippen LogP contribution in [0.15, 0.2) is 47.8 Å². The fraction of sp³-hybridized carbons (Fsp3) is 0.158. The molecule has 0 saturated heterocycles. The minimum Gasteiger partial charge on any atom is -0.497 e. The van der Waals surface area contributed by atoms with Gasteiger partial charge in [0.15, 0.2) is 0 Å². The van der Waals surface area contributed by atoms with Crippen LogP contribution in [0.5, 0.6) is 11.5 Å².